The molecule has 128 valence electrons. The lowest BCUT2D eigenvalue weighted by Gasteiger charge is -2.12. The molecule has 0 bridgehead atoms. The summed E-state index contributed by atoms with van der Waals surface area (Å²) in [6.45, 7) is 4.11. The molecule has 7 nitrogen and oxygen atoms in total. The van der Waals surface area contributed by atoms with Crippen LogP contribution in [-0.2, 0) is 0 Å². The number of aromatic nitrogens is 2. The van der Waals surface area contributed by atoms with Crippen LogP contribution < -0.4 is 20.1 Å². The minimum Gasteiger partial charge on any atom is -0.493 e. The number of anilines is 2. The second-order valence-corrected chi connectivity index (χ2v) is 5.27. The third-order valence-electron chi connectivity index (χ3n) is 3.54. The van der Waals surface area contributed by atoms with Crippen LogP contribution in [0, 0.1) is 0 Å². The Morgan fingerprint density at radius 1 is 1.17 bits per heavy atom. The first-order valence-corrected chi connectivity index (χ1v) is 7.69. The van der Waals surface area contributed by atoms with E-state index in [1.165, 1.54) is 12.4 Å². The fourth-order valence-corrected chi connectivity index (χ4v) is 1.96. The Labute approximate surface area is 141 Å². The summed E-state index contributed by atoms with van der Waals surface area (Å²) in [5.74, 6) is 1.35. The topological polar surface area (TPSA) is 85.4 Å². The van der Waals surface area contributed by atoms with Gasteiger partial charge >= 0.3 is 0 Å². The van der Waals surface area contributed by atoms with E-state index in [9.17, 15) is 4.79 Å². The zero-order valence-electron chi connectivity index (χ0n) is 14.3. The highest BCUT2D eigenvalue weighted by Gasteiger charge is 2.11. The summed E-state index contributed by atoms with van der Waals surface area (Å²) < 4.78 is 10.4. The van der Waals surface area contributed by atoms with Crippen LogP contribution >= 0.6 is 0 Å². The van der Waals surface area contributed by atoms with E-state index in [4.69, 9.17) is 9.47 Å². The summed E-state index contributed by atoms with van der Waals surface area (Å²) in [5, 5.41) is 5.93. The monoisotopic (exact) mass is 330 g/mol. The van der Waals surface area contributed by atoms with Crippen LogP contribution in [0.2, 0.25) is 0 Å². The normalized spacial score (nSPS) is 11.5. The molecular formula is C17H22N4O3. The van der Waals surface area contributed by atoms with Gasteiger partial charge in [-0.25, -0.2) is 9.97 Å². The van der Waals surface area contributed by atoms with Gasteiger partial charge in [0.1, 0.15) is 0 Å². The molecule has 1 aromatic carbocycles. The summed E-state index contributed by atoms with van der Waals surface area (Å²) in [6, 6.07) is 5.43. The SMILES string of the molecule is CCC(C)Nc1ncc(C(=O)Nc2ccc(OC)c(OC)c2)cn1. The molecule has 2 aromatic rings. The Bertz CT molecular complexity index is 689. The Balaban J connectivity index is 2.07. The van der Waals surface area contributed by atoms with E-state index < -0.39 is 0 Å². The van der Waals surface area contributed by atoms with Gasteiger partial charge in [0, 0.05) is 30.2 Å². The van der Waals surface area contributed by atoms with E-state index in [-0.39, 0.29) is 11.9 Å². The third-order valence-corrected chi connectivity index (χ3v) is 3.54. The summed E-state index contributed by atoms with van der Waals surface area (Å²) >= 11 is 0. The standard InChI is InChI=1S/C17H22N4O3/c1-5-11(2)20-17-18-9-12(10-19-17)16(22)21-13-6-7-14(23-3)15(8-13)24-4/h6-11H,5H2,1-4H3,(H,21,22)(H,18,19,20). The number of hydrogen-bond donors (Lipinski definition) is 2. The first-order valence-electron chi connectivity index (χ1n) is 7.69. The van der Waals surface area contributed by atoms with Crippen molar-refractivity contribution in [3.8, 4) is 11.5 Å². The molecule has 1 atom stereocenters. The van der Waals surface area contributed by atoms with E-state index in [1.807, 2.05) is 6.92 Å². The molecule has 0 fully saturated rings. The fourth-order valence-electron chi connectivity index (χ4n) is 1.96. The van der Waals surface area contributed by atoms with E-state index in [0.29, 0.717) is 28.7 Å². The maximum Gasteiger partial charge on any atom is 0.258 e. The van der Waals surface area contributed by atoms with Crippen molar-refractivity contribution in [1.29, 1.82) is 0 Å². The highest BCUT2D eigenvalue weighted by atomic mass is 16.5. The van der Waals surface area contributed by atoms with Crippen molar-refractivity contribution in [2.75, 3.05) is 24.9 Å². The maximum absolute atomic E-state index is 12.3. The first-order chi connectivity index (χ1) is 11.6. The van der Waals surface area contributed by atoms with E-state index >= 15 is 0 Å². The molecule has 0 aliphatic rings. The summed E-state index contributed by atoms with van der Waals surface area (Å²) in [7, 11) is 3.10. The summed E-state index contributed by atoms with van der Waals surface area (Å²) in [4.78, 5) is 20.6. The van der Waals surface area contributed by atoms with E-state index in [0.717, 1.165) is 6.42 Å². The van der Waals surface area contributed by atoms with Crippen molar-refractivity contribution in [2.24, 2.45) is 0 Å². The molecule has 1 aromatic heterocycles. The predicted molar refractivity (Wildman–Crippen MR) is 92.9 cm³/mol. The molecule has 2 rings (SSSR count). The molecule has 1 amide bonds. The molecule has 24 heavy (non-hydrogen) atoms. The van der Waals surface area contributed by atoms with Crippen LogP contribution in [0.1, 0.15) is 30.6 Å². The molecule has 1 heterocycles. The summed E-state index contributed by atoms with van der Waals surface area (Å²) in [6.07, 6.45) is 3.95. The highest BCUT2D eigenvalue weighted by molar-refractivity contribution is 6.04. The van der Waals surface area contributed by atoms with Crippen LogP contribution in [0.5, 0.6) is 11.5 Å². The Morgan fingerprint density at radius 2 is 1.83 bits per heavy atom. The number of rotatable bonds is 7. The maximum atomic E-state index is 12.3. The predicted octanol–water partition coefficient (Wildman–Crippen LogP) is 2.96. The first kappa shape index (κ1) is 17.5. The van der Waals surface area contributed by atoms with Crippen LogP contribution in [0.25, 0.3) is 0 Å². The molecule has 0 saturated heterocycles. The zero-order chi connectivity index (χ0) is 17.5. The van der Waals surface area contributed by atoms with Gasteiger partial charge in [-0.05, 0) is 25.5 Å². The average Bonchev–Trinajstić information content (AvgIpc) is 2.61. The fraction of sp³-hybridized carbons (Fsp3) is 0.353. The van der Waals surface area contributed by atoms with Gasteiger partial charge in [-0.2, -0.15) is 0 Å². The largest absolute Gasteiger partial charge is 0.493 e. The third kappa shape index (κ3) is 4.34. The van der Waals surface area contributed by atoms with Crippen molar-refractivity contribution in [2.45, 2.75) is 26.3 Å². The minimum atomic E-state index is -0.294. The van der Waals surface area contributed by atoms with Crippen molar-refractivity contribution >= 4 is 17.5 Å². The molecule has 0 radical (unpaired) electrons. The average molecular weight is 330 g/mol. The number of hydrogen-bond acceptors (Lipinski definition) is 6. The van der Waals surface area contributed by atoms with Gasteiger partial charge in [0.2, 0.25) is 5.95 Å². The molecule has 2 N–H and O–H groups in total. The second kappa shape index (κ2) is 8.14. The number of amides is 1. The smallest absolute Gasteiger partial charge is 0.258 e. The highest BCUT2D eigenvalue weighted by Crippen LogP contribution is 2.29. The van der Waals surface area contributed by atoms with Gasteiger partial charge in [-0.15, -0.1) is 0 Å². The molecule has 1 unspecified atom stereocenters. The van der Waals surface area contributed by atoms with E-state index in [1.54, 1.807) is 32.4 Å². The van der Waals surface area contributed by atoms with Crippen LogP contribution in [0.4, 0.5) is 11.6 Å². The lowest BCUT2D eigenvalue weighted by atomic mass is 10.2. The van der Waals surface area contributed by atoms with Gasteiger partial charge < -0.3 is 20.1 Å². The molecule has 0 aliphatic carbocycles. The van der Waals surface area contributed by atoms with Crippen molar-refractivity contribution in [1.82, 2.24) is 9.97 Å². The lowest BCUT2D eigenvalue weighted by molar-refractivity contribution is 0.102. The van der Waals surface area contributed by atoms with Crippen molar-refractivity contribution in [3.63, 3.8) is 0 Å². The molecule has 0 spiro atoms. The number of nitrogens with zero attached hydrogens (tertiary/aromatic N) is 2. The second-order valence-electron chi connectivity index (χ2n) is 5.27. The van der Waals surface area contributed by atoms with Crippen LogP contribution in [0.15, 0.2) is 30.6 Å². The number of methoxy groups -OCH3 is 2. The quantitative estimate of drug-likeness (QED) is 0.812. The van der Waals surface area contributed by atoms with E-state index in [2.05, 4.69) is 27.5 Å². The minimum absolute atomic E-state index is 0.274. The number of benzene rings is 1. The van der Waals surface area contributed by atoms with Crippen molar-refractivity contribution < 1.29 is 14.3 Å². The Kier molecular flexibility index (Phi) is 5.95. The van der Waals surface area contributed by atoms with Gasteiger partial charge in [0.15, 0.2) is 11.5 Å². The Morgan fingerprint density at radius 3 is 2.42 bits per heavy atom. The summed E-state index contributed by atoms with van der Waals surface area (Å²) in [5.41, 5.74) is 0.971. The van der Waals surface area contributed by atoms with Gasteiger partial charge in [-0.1, -0.05) is 6.92 Å². The number of carbonyl (C=O) groups is 1. The zero-order valence-corrected chi connectivity index (χ0v) is 14.3. The number of carbonyl (C=O) groups excluding carboxylic acids is 1. The Hall–Kier alpha value is -2.83. The lowest BCUT2D eigenvalue weighted by Crippen LogP contribution is -2.17. The van der Waals surface area contributed by atoms with Crippen LogP contribution in [0.3, 0.4) is 0 Å². The van der Waals surface area contributed by atoms with Gasteiger partial charge in [0.25, 0.3) is 5.91 Å². The van der Waals surface area contributed by atoms with Gasteiger partial charge in [0.05, 0.1) is 19.8 Å². The molecule has 0 aliphatic heterocycles. The molecule has 0 saturated carbocycles. The number of ether oxygens (including phenoxy) is 2. The molecule has 7 heteroatoms. The van der Waals surface area contributed by atoms with Crippen molar-refractivity contribution in [3.05, 3.63) is 36.2 Å². The molecular weight excluding hydrogens is 308 g/mol. The number of nitrogens with one attached hydrogen (secondary N) is 2. The van der Waals surface area contributed by atoms with Gasteiger partial charge in [-0.3, -0.25) is 4.79 Å². The van der Waals surface area contributed by atoms with Crippen LogP contribution in [-0.4, -0.2) is 36.1 Å².